The first kappa shape index (κ1) is 14.0. The largest absolute Gasteiger partial charge is 0.481 e. The van der Waals surface area contributed by atoms with Gasteiger partial charge in [-0.25, -0.2) is 0 Å². The predicted molar refractivity (Wildman–Crippen MR) is 66.6 cm³/mol. The Morgan fingerprint density at radius 1 is 1.58 bits per heavy atom. The normalized spacial score (nSPS) is 28.5. The zero-order valence-corrected chi connectivity index (χ0v) is 11.5. The zero-order chi connectivity index (χ0) is 14.0. The van der Waals surface area contributed by atoms with Crippen molar-refractivity contribution in [3.05, 3.63) is 11.7 Å². The van der Waals surface area contributed by atoms with Gasteiger partial charge in [0, 0.05) is 7.11 Å². The first-order chi connectivity index (χ1) is 9.06. The Morgan fingerprint density at radius 2 is 2.32 bits per heavy atom. The van der Waals surface area contributed by atoms with E-state index in [2.05, 4.69) is 17.1 Å². The Kier molecular flexibility index (Phi) is 4.19. The zero-order valence-electron chi connectivity index (χ0n) is 11.5. The monoisotopic (exact) mass is 268 g/mol. The van der Waals surface area contributed by atoms with Crippen LogP contribution in [0.2, 0.25) is 0 Å². The third-order valence-corrected chi connectivity index (χ3v) is 4.05. The van der Waals surface area contributed by atoms with Crippen LogP contribution in [0.3, 0.4) is 0 Å². The van der Waals surface area contributed by atoms with E-state index in [1.165, 1.54) is 0 Å². The second kappa shape index (κ2) is 5.69. The van der Waals surface area contributed by atoms with Crippen LogP contribution in [-0.4, -0.2) is 28.3 Å². The number of rotatable bonds is 5. The van der Waals surface area contributed by atoms with Gasteiger partial charge in [-0.2, -0.15) is 4.98 Å². The van der Waals surface area contributed by atoms with Crippen LogP contribution in [0.15, 0.2) is 4.52 Å². The maximum absolute atomic E-state index is 11.3. The fourth-order valence-corrected chi connectivity index (χ4v) is 2.69. The van der Waals surface area contributed by atoms with E-state index < -0.39 is 11.9 Å². The molecule has 4 atom stereocenters. The fraction of sp³-hybridized carbons (Fsp3) is 0.769. The van der Waals surface area contributed by atoms with Crippen molar-refractivity contribution in [3.63, 3.8) is 0 Å². The van der Waals surface area contributed by atoms with Crippen molar-refractivity contribution in [2.45, 2.75) is 45.1 Å². The molecule has 1 aliphatic carbocycles. The van der Waals surface area contributed by atoms with Gasteiger partial charge in [-0.1, -0.05) is 18.5 Å². The second-order valence-corrected chi connectivity index (χ2v) is 5.17. The highest BCUT2D eigenvalue weighted by Gasteiger charge is 2.42. The van der Waals surface area contributed by atoms with E-state index in [0.29, 0.717) is 24.1 Å². The Labute approximate surface area is 112 Å². The summed E-state index contributed by atoms with van der Waals surface area (Å²) < 4.78 is 10.4. The quantitative estimate of drug-likeness (QED) is 0.882. The molecule has 1 fully saturated rings. The first-order valence-electron chi connectivity index (χ1n) is 6.65. The number of aromatic nitrogens is 2. The number of hydrogen-bond acceptors (Lipinski definition) is 5. The Hall–Kier alpha value is -1.43. The third kappa shape index (κ3) is 2.78. The lowest BCUT2D eigenvalue weighted by Gasteiger charge is -2.10. The molecule has 0 amide bonds. The fourth-order valence-electron chi connectivity index (χ4n) is 2.69. The number of carboxylic acids is 1. The van der Waals surface area contributed by atoms with Crippen LogP contribution in [-0.2, 0) is 9.53 Å². The standard InChI is InChI=1S/C13H20N2O4/c1-4-8-5-9(10(6-8)13(16)17)12-14-11(15-19-12)7(2)18-3/h7-10H,4-6H2,1-3H3,(H,16,17). The number of carbonyl (C=O) groups is 1. The van der Waals surface area contributed by atoms with Crippen molar-refractivity contribution in [1.29, 1.82) is 0 Å². The van der Waals surface area contributed by atoms with Crippen LogP contribution in [0, 0.1) is 11.8 Å². The van der Waals surface area contributed by atoms with E-state index in [1.807, 2.05) is 6.92 Å². The number of hydrogen-bond donors (Lipinski definition) is 1. The molecule has 2 rings (SSSR count). The number of methoxy groups -OCH3 is 1. The summed E-state index contributed by atoms with van der Waals surface area (Å²) in [6, 6.07) is 0. The number of ether oxygens (including phenoxy) is 1. The molecule has 1 saturated carbocycles. The van der Waals surface area contributed by atoms with Gasteiger partial charge in [-0.15, -0.1) is 0 Å². The summed E-state index contributed by atoms with van der Waals surface area (Å²) >= 11 is 0. The van der Waals surface area contributed by atoms with Crippen LogP contribution in [0.4, 0.5) is 0 Å². The molecule has 19 heavy (non-hydrogen) atoms. The van der Waals surface area contributed by atoms with Gasteiger partial charge in [0.2, 0.25) is 5.89 Å². The van der Waals surface area contributed by atoms with Crippen molar-refractivity contribution in [1.82, 2.24) is 10.1 Å². The highest BCUT2D eigenvalue weighted by atomic mass is 16.5. The molecular weight excluding hydrogens is 248 g/mol. The molecule has 0 spiro atoms. The van der Waals surface area contributed by atoms with Crippen molar-refractivity contribution < 1.29 is 19.2 Å². The molecule has 0 aromatic carbocycles. The lowest BCUT2D eigenvalue weighted by Crippen LogP contribution is -2.17. The molecule has 0 radical (unpaired) electrons. The summed E-state index contributed by atoms with van der Waals surface area (Å²) in [7, 11) is 1.57. The van der Waals surface area contributed by atoms with Crippen molar-refractivity contribution >= 4 is 5.97 Å². The summed E-state index contributed by atoms with van der Waals surface area (Å²) in [6.07, 6.45) is 2.23. The summed E-state index contributed by atoms with van der Waals surface area (Å²) in [5, 5.41) is 13.2. The van der Waals surface area contributed by atoms with Crippen LogP contribution < -0.4 is 0 Å². The van der Waals surface area contributed by atoms with E-state index in [0.717, 1.165) is 12.8 Å². The smallest absolute Gasteiger partial charge is 0.307 e. The van der Waals surface area contributed by atoms with E-state index in [-0.39, 0.29) is 12.0 Å². The topological polar surface area (TPSA) is 85.5 Å². The maximum atomic E-state index is 11.3. The molecule has 1 aliphatic rings. The summed E-state index contributed by atoms with van der Waals surface area (Å²) in [5.74, 6) is -0.0468. The number of carboxylic acid groups (broad SMARTS) is 1. The second-order valence-electron chi connectivity index (χ2n) is 5.17. The average Bonchev–Trinajstić information content (AvgIpc) is 3.03. The highest BCUT2D eigenvalue weighted by Crippen LogP contribution is 2.44. The van der Waals surface area contributed by atoms with Crippen molar-refractivity contribution in [2.24, 2.45) is 11.8 Å². The molecular formula is C13H20N2O4. The minimum Gasteiger partial charge on any atom is -0.481 e. The van der Waals surface area contributed by atoms with Crippen molar-refractivity contribution in [2.75, 3.05) is 7.11 Å². The molecule has 1 aromatic rings. The maximum Gasteiger partial charge on any atom is 0.307 e. The van der Waals surface area contributed by atoms with Crippen molar-refractivity contribution in [3.8, 4) is 0 Å². The minimum absolute atomic E-state index is 0.173. The Morgan fingerprint density at radius 3 is 2.89 bits per heavy atom. The van der Waals surface area contributed by atoms with Crippen LogP contribution in [0.25, 0.3) is 0 Å². The van der Waals surface area contributed by atoms with Gasteiger partial charge in [-0.05, 0) is 25.7 Å². The van der Waals surface area contributed by atoms with Crippen LogP contribution >= 0.6 is 0 Å². The molecule has 1 heterocycles. The van der Waals surface area contributed by atoms with E-state index in [1.54, 1.807) is 7.11 Å². The van der Waals surface area contributed by atoms with Gasteiger partial charge in [0.1, 0.15) is 6.10 Å². The minimum atomic E-state index is -0.777. The first-order valence-corrected chi connectivity index (χ1v) is 6.65. The Bertz CT molecular complexity index is 446. The molecule has 1 N–H and O–H groups in total. The van der Waals surface area contributed by atoms with Crippen LogP contribution in [0.5, 0.6) is 0 Å². The van der Waals surface area contributed by atoms with E-state index in [9.17, 15) is 9.90 Å². The van der Waals surface area contributed by atoms with Gasteiger partial charge < -0.3 is 14.4 Å². The lowest BCUT2D eigenvalue weighted by atomic mass is 9.96. The molecule has 1 aromatic heterocycles. The SMILES string of the molecule is CCC1CC(C(=O)O)C(c2nc(C(C)OC)no2)C1. The highest BCUT2D eigenvalue weighted by molar-refractivity contribution is 5.71. The lowest BCUT2D eigenvalue weighted by molar-refractivity contribution is -0.142. The van der Waals surface area contributed by atoms with Gasteiger partial charge in [0.15, 0.2) is 5.82 Å². The molecule has 4 unspecified atom stereocenters. The van der Waals surface area contributed by atoms with Gasteiger partial charge in [-0.3, -0.25) is 4.79 Å². The van der Waals surface area contributed by atoms with Gasteiger partial charge >= 0.3 is 5.97 Å². The number of aliphatic carboxylic acids is 1. The molecule has 0 saturated heterocycles. The number of nitrogens with zero attached hydrogens (tertiary/aromatic N) is 2. The molecule has 6 nitrogen and oxygen atoms in total. The molecule has 0 aliphatic heterocycles. The molecule has 6 heteroatoms. The van der Waals surface area contributed by atoms with E-state index >= 15 is 0 Å². The summed E-state index contributed by atoms with van der Waals surface area (Å²) in [5.41, 5.74) is 0. The van der Waals surface area contributed by atoms with E-state index in [4.69, 9.17) is 9.26 Å². The summed E-state index contributed by atoms with van der Waals surface area (Å²) in [4.78, 5) is 15.6. The predicted octanol–water partition coefficient (Wildman–Crippen LogP) is 2.38. The van der Waals surface area contributed by atoms with Gasteiger partial charge in [0.05, 0.1) is 11.8 Å². The third-order valence-electron chi connectivity index (χ3n) is 4.05. The molecule has 106 valence electrons. The summed E-state index contributed by atoms with van der Waals surface area (Å²) in [6.45, 7) is 3.91. The average molecular weight is 268 g/mol. The Balaban J connectivity index is 2.19. The van der Waals surface area contributed by atoms with Gasteiger partial charge in [0.25, 0.3) is 0 Å². The molecule has 0 bridgehead atoms. The van der Waals surface area contributed by atoms with Crippen LogP contribution in [0.1, 0.15) is 56.8 Å².